The van der Waals surface area contributed by atoms with Gasteiger partial charge in [0, 0.05) is 57.1 Å². The van der Waals surface area contributed by atoms with Gasteiger partial charge in [-0.1, -0.05) is 6.07 Å². The van der Waals surface area contributed by atoms with Crippen LogP contribution in [0.4, 0.5) is 13.2 Å². The van der Waals surface area contributed by atoms with Crippen LogP contribution in [-0.4, -0.2) is 69.5 Å². The molecule has 32 heavy (non-hydrogen) atoms. The predicted molar refractivity (Wildman–Crippen MR) is 110 cm³/mol. The van der Waals surface area contributed by atoms with Gasteiger partial charge in [0.2, 0.25) is 0 Å². The molecule has 2 saturated heterocycles. The van der Waals surface area contributed by atoms with Gasteiger partial charge in [-0.25, -0.2) is 9.78 Å². The number of aliphatic carboxylic acids is 1. The number of thiophene rings is 1. The Balaban J connectivity index is 0.000000360. The smallest absolute Gasteiger partial charge is 0.475 e. The molecule has 2 aromatic heterocycles. The van der Waals surface area contributed by atoms with Gasteiger partial charge in [0.25, 0.3) is 5.91 Å². The molecule has 0 aliphatic carbocycles. The highest BCUT2D eigenvalue weighted by Gasteiger charge is 2.52. The Morgan fingerprint density at radius 1 is 1.41 bits per heavy atom. The standard InChI is InChI=1S/C18H24N4O2S.C2HF3O2/c1-21-8-7-19-16(21)17(23)20-6-4-14-5-9-24-18(14)12-22(13-18)11-15-3-2-10-25-15;3-2(4,5)1(6)7/h2-3,7-8,10,14H,4-6,9,11-13H2,1H3,(H,20,23);(H,6,7). The first kappa shape index (κ1) is 24.2. The number of nitrogens with one attached hydrogen (secondary N) is 1. The average molecular weight is 475 g/mol. The molecule has 4 rings (SSSR count). The molecule has 0 aromatic carbocycles. The number of amides is 1. The largest absolute Gasteiger partial charge is 0.490 e. The molecule has 1 atom stereocenters. The topological polar surface area (TPSA) is 96.7 Å². The number of carboxylic acid groups (broad SMARTS) is 1. The van der Waals surface area contributed by atoms with E-state index in [1.165, 1.54) is 4.88 Å². The zero-order chi connectivity index (χ0) is 23.4. The van der Waals surface area contributed by atoms with E-state index < -0.39 is 12.1 Å². The van der Waals surface area contributed by atoms with Crippen LogP contribution in [0, 0.1) is 5.92 Å². The van der Waals surface area contributed by atoms with E-state index in [1.807, 2.05) is 18.4 Å². The van der Waals surface area contributed by atoms with Crippen LogP contribution in [0.2, 0.25) is 0 Å². The number of carbonyl (C=O) groups is 2. The van der Waals surface area contributed by atoms with E-state index in [4.69, 9.17) is 14.6 Å². The van der Waals surface area contributed by atoms with Gasteiger partial charge in [-0.15, -0.1) is 11.3 Å². The van der Waals surface area contributed by atoms with Gasteiger partial charge in [0.05, 0.1) is 5.60 Å². The number of imidazole rings is 1. The molecule has 0 saturated carbocycles. The summed E-state index contributed by atoms with van der Waals surface area (Å²) >= 11 is 1.81. The third kappa shape index (κ3) is 5.87. The third-order valence-corrected chi connectivity index (χ3v) is 6.45. The lowest BCUT2D eigenvalue weighted by atomic mass is 9.79. The predicted octanol–water partition coefficient (Wildman–Crippen LogP) is 2.53. The summed E-state index contributed by atoms with van der Waals surface area (Å²) in [5, 5.41) is 12.3. The molecule has 0 radical (unpaired) electrons. The lowest BCUT2D eigenvalue weighted by molar-refractivity contribution is -0.192. The minimum Gasteiger partial charge on any atom is -0.475 e. The molecule has 1 amide bonds. The van der Waals surface area contributed by atoms with Crippen LogP contribution in [0.1, 0.15) is 28.3 Å². The van der Waals surface area contributed by atoms with Gasteiger partial charge >= 0.3 is 12.1 Å². The SMILES string of the molecule is Cn1ccnc1C(=O)NCCC1CCOC12CN(Cc1cccs1)C2.O=C(O)C(F)(F)F. The second-order valence-electron chi connectivity index (χ2n) is 7.83. The Kier molecular flexibility index (Phi) is 7.57. The summed E-state index contributed by atoms with van der Waals surface area (Å²) in [4.78, 5) is 29.0. The third-order valence-electron chi connectivity index (χ3n) is 5.59. The molecule has 176 valence electrons. The Morgan fingerprint density at radius 3 is 2.69 bits per heavy atom. The first-order chi connectivity index (χ1) is 15.1. The number of carbonyl (C=O) groups excluding carboxylic acids is 1. The molecule has 8 nitrogen and oxygen atoms in total. The van der Waals surface area contributed by atoms with Gasteiger partial charge < -0.3 is 19.7 Å². The van der Waals surface area contributed by atoms with Crippen molar-refractivity contribution in [1.29, 1.82) is 0 Å². The van der Waals surface area contributed by atoms with Crippen LogP contribution in [0.3, 0.4) is 0 Å². The number of hydrogen-bond acceptors (Lipinski definition) is 6. The fraction of sp³-hybridized carbons (Fsp3) is 0.550. The summed E-state index contributed by atoms with van der Waals surface area (Å²) < 4.78 is 39.6. The molecule has 2 aliphatic rings. The lowest BCUT2D eigenvalue weighted by Crippen LogP contribution is -2.64. The van der Waals surface area contributed by atoms with Crippen molar-refractivity contribution in [3.05, 3.63) is 40.6 Å². The number of aromatic nitrogens is 2. The number of likely N-dealkylation sites (tertiary alicyclic amines) is 1. The maximum Gasteiger partial charge on any atom is 0.490 e. The number of rotatable bonds is 6. The van der Waals surface area contributed by atoms with E-state index in [0.29, 0.717) is 18.3 Å². The average Bonchev–Trinajstić information content (AvgIpc) is 3.43. The van der Waals surface area contributed by atoms with Crippen molar-refractivity contribution in [2.24, 2.45) is 13.0 Å². The first-order valence-electron chi connectivity index (χ1n) is 10.0. The van der Waals surface area contributed by atoms with Crippen LogP contribution in [-0.2, 0) is 23.1 Å². The van der Waals surface area contributed by atoms with Crippen molar-refractivity contribution in [3.63, 3.8) is 0 Å². The Labute approximate surface area is 187 Å². The summed E-state index contributed by atoms with van der Waals surface area (Å²) in [6.07, 6.45) is 0.393. The van der Waals surface area contributed by atoms with Gasteiger partial charge in [0.15, 0.2) is 5.82 Å². The van der Waals surface area contributed by atoms with Crippen molar-refractivity contribution in [2.45, 2.75) is 31.2 Å². The van der Waals surface area contributed by atoms with E-state index >= 15 is 0 Å². The van der Waals surface area contributed by atoms with Crippen LogP contribution >= 0.6 is 11.3 Å². The van der Waals surface area contributed by atoms with Crippen molar-refractivity contribution >= 4 is 23.2 Å². The van der Waals surface area contributed by atoms with Crippen molar-refractivity contribution < 1.29 is 32.6 Å². The fourth-order valence-corrected chi connectivity index (χ4v) is 4.76. The van der Waals surface area contributed by atoms with Gasteiger partial charge in [-0.05, 0) is 30.2 Å². The number of alkyl halides is 3. The summed E-state index contributed by atoms with van der Waals surface area (Å²) in [7, 11) is 1.83. The minimum atomic E-state index is -5.08. The normalized spacial score (nSPS) is 19.8. The van der Waals surface area contributed by atoms with Crippen LogP contribution in [0.5, 0.6) is 0 Å². The number of hydrogen-bond donors (Lipinski definition) is 2. The van der Waals surface area contributed by atoms with Crippen LogP contribution in [0.25, 0.3) is 0 Å². The van der Waals surface area contributed by atoms with E-state index in [1.54, 1.807) is 17.0 Å². The molecule has 2 aromatic rings. The number of ether oxygens (including phenoxy) is 1. The fourth-order valence-electron chi connectivity index (χ4n) is 4.01. The Morgan fingerprint density at radius 2 is 2.12 bits per heavy atom. The highest BCUT2D eigenvalue weighted by molar-refractivity contribution is 7.09. The minimum absolute atomic E-state index is 0.00517. The Bertz CT molecular complexity index is 910. The van der Waals surface area contributed by atoms with E-state index in [2.05, 4.69) is 32.7 Å². The van der Waals surface area contributed by atoms with Crippen LogP contribution in [0.15, 0.2) is 29.9 Å². The number of aryl methyl sites for hydroxylation is 1. The zero-order valence-corrected chi connectivity index (χ0v) is 18.3. The molecular formula is C20H25F3N4O4S. The second-order valence-corrected chi connectivity index (χ2v) is 8.86. The summed E-state index contributed by atoms with van der Waals surface area (Å²) in [6.45, 7) is 4.54. The van der Waals surface area contributed by atoms with Gasteiger partial charge in [-0.3, -0.25) is 9.69 Å². The summed E-state index contributed by atoms with van der Waals surface area (Å²) in [5.41, 5.74) is 0.00517. The lowest BCUT2D eigenvalue weighted by Gasteiger charge is -2.50. The summed E-state index contributed by atoms with van der Waals surface area (Å²) in [6, 6.07) is 4.30. The molecule has 0 bridgehead atoms. The molecule has 1 unspecified atom stereocenters. The highest BCUT2D eigenvalue weighted by Crippen LogP contribution is 2.42. The monoisotopic (exact) mass is 474 g/mol. The molecule has 2 aliphatic heterocycles. The molecular weight excluding hydrogens is 449 g/mol. The summed E-state index contributed by atoms with van der Waals surface area (Å²) in [5.74, 6) is -1.88. The number of halogens is 3. The number of nitrogens with zero attached hydrogens (tertiary/aromatic N) is 3. The van der Waals surface area contributed by atoms with Gasteiger partial charge in [0.1, 0.15) is 0 Å². The maximum absolute atomic E-state index is 12.1. The van der Waals surface area contributed by atoms with E-state index in [9.17, 15) is 18.0 Å². The first-order valence-corrected chi connectivity index (χ1v) is 10.9. The van der Waals surface area contributed by atoms with E-state index in [0.717, 1.165) is 39.1 Å². The second kappa shape index (κ2) is 10.0. The molecule has 12 heteroatoms. The zero-order valence-electron chi connectivity index (χ0n) is 17.5. The maximum atomic E-state index is 12.1. The Hall–Kier alpha value is -2.44. The van der Waals surface area contributed by atoms with Crippen LogP contribution < -0.4 is 5.32 Å². The van der Waals surface area contributed by atoms with Crippen molar-refractivity contribution in [2.75, 3.05) is 26.2 Å². The number of carboxylic acids is 1. The molecule has 1 spiro atoms. The molecule has 2 fully saturated rings. The van der Waals surface area contributed by atoms with E-state index in [-0.39, 0.29) is 11.5 Å². The van der Waals surface area contributed by atoms with Gasteiger partial charge in [-0.2, -0.15) is 13.2 Å². The van der Waals surface area contributed by atoms with Crippen molar-refractivity contribution in [1.82, 2.24) is 19.8 Å². The highest BCUT2D eigenvalue weighted by atomic mass is 32.1. The molecule has 4 heterocycles. The quantitative estimate of drug-likeness (QED) is 0.668. The molecule has 2 N–H and O–H groups in total. The van der Waals surface area contributed by atoms with Crippen molar-refractivity contribution in [3.8, 4) is 0 Å².